The molecule has 1 spiro atoms. The molecule has 1 saturated carbocycles. The van der Waals surface area contributed by atoms with Crippen molar-refractivity contribution in [1.29, 1.82) is 0 Å². The zero-order valence-electron chi connectivity index (χ0n) is 12.6. The molecule has 2 fully saturated rings. The molecular formula is C13H20N6O2. The number of carbonyl (C=O) groups excluding carboxylic acids is 2. The number of piperazine rings is 1. The fourth-order valence-corrected chi connectivity index (χ4v) is 3.17. The van der Waals surface area contributed by atoms with Crippen molar-refractivity contribution in [2.75, 3.05) is 0 Å². The molecule has 0 bridgehead atoms. The van der Waals surface area contributed by atoms with Crippen molar-refractivity contribution in [1.82, 2.24) is 30.4 Å². The van der Waals surface area contributed by atoms with Crippen LogP contribution in [0, 0.1) is 0 Å². The van der Waals surface area contributed by atoms with Crippen molar-refractivity contribution in [3.05, 3.63) is 5.82 Å². The molecule has 1 N–H and O–H groups in total. The molecule has 0 unspecified atom stereocenters. The summed E-state index contributed by atoms with van der Waals surface area (Å²) in [6, 6.07) is 0. The molecule has 1 saturated heterocycles. The van der Waals surface area contributed by atoms with E-state index >= 15 is 0 Å². The van der Waals surface area contributed by atoms with Crippen molar-refractivity contribution in [2.45, 2.75) is 57.2 Å². The number of tetrazole rings is 1. The molecular weight excluding hydrogens is 272 g/mol. The fourth-order valence-electron chi connectivity index (χ4n) is 3.17. The van der Waals surface area contributed by atoms with Crippen LogP contribution in [0.4, 0.5) is 0 Å². The second kappa shape index (κ2) is 4.51. The Hall–Kier alpha value is -1.99. The van der Waals surface area contributed by atoms with Crippen LogP contribution in [0.5, 0.6) is 0 Å². The molecule has 1 aromatic rings. The number of aromatic nitrogens is 4. The summed E-state index contributed by atoms with van der Waals surface area (Å²) in [6.07, 6.45) is 3.34. The average Bonchev–Trinajstić information content (AvgIpc) is 3.03. The monoisotopic (exact) mass is 292 g/mol. The van der Waals surface area contributed by atoms with Gasteiger partial charge in [0.15, 0.2) is 5.82 Å². The van der Waals surface area contributed by atoms with Gasteiger partial charge < -0.3 is 10.2 Å². The normalized spacial score (nSPS) is 23.7. The van der Waals surface area contributed by atoms with Crippen molar-refractivity contribution >= 4 is 11.8 Å². The van der Waals surface area contributed by atoms with Gasteiger partial charge >= 0.3 is 0 Å². The average molecular weight is 292 g/mol. The van der Waals surface area contributed by atoms with Gasteiger partial charge in [-0.25, -0.2) is 0 Å². The maximum Gasteiger partial charge on any atom is 0.249 e. The maximum absolute atomic E-state index is 13.0. The SMILES string of the molecule is Cn1nnc(CN2C(=O)C3(CCCC3)NC(=O)C2(C)C)n1. The molecule has 0 aromatic carbocycles. The summed E-state index contributed by atoms with van der Waals surface area (Å²) in [5, 5.41) is 14.8. The second-order valence-corrected chi connectivity index (χ2v) is 6.39. The zero-order chi connectivity index (χ0) is 15.3. The van der Waals surface area contributed by atoms with Crippen LogP contribution in [-0.2, 0) is 23.2 Å². The number of rotatable bonds is 2. The number of hydrogen-bond acceptors (Lipinski definition) is 5. The van der Waals surface area contributed by atoms with Crippen LogP contribution in [0.15, 0.2) is 0 Å². The standard InChI is InChI=1S/C13H20N6O2/c1-12(2)10(20)14-13(6-4-5-7-13)11(21)19(12)8-9-15-17-18(3)16-9/h4-8H2,1-3H3,(H,14,20). The van der Waals surface area contributed by atoms with Crippen molar-refractivity contribution in [3.63, 3.8) is 0 Å². The topological polar surface area (TPSA) is 93.0 Å². The molecule has 2 heterocycles. The van der Waals surface area contributed by atoms with Gasteiger partial charge in [0.25, 0.3) is 0 Å². The molecule has 2 amide bonds. The van der Waals surface area contributed by atoms with E-state index in [-0.39, 0.29) is 18.4 Å². The lowest BCUT2D eigenvalue weighted by Crippen LogP contribution is -2.73. The lowest BCUT2D eigenvalue weighted by atomic mass is 9.86. The Balaban J connectivity index is 1.93. The summed E-state index contributed by atoms with van der Waals surface area (Å²) in [7, 11) is 1.67. The molecule has 1 aliphatic heterocycles. The molecule has 0 radical (unpaired) electrons. The largest absolute Gasteiger partial charge is 0.340 e. The van der Waals surface area contributed by atoms with E-state index in [1.165, 1.54) is 4.80 Å². The minimum absolute atomic E-state index is 0.0305. The van der Waals surface area contributed by atoms with Gasteiger partial charge in [-0.15, -0.1) is 10.2 Å². The Morgan fingerprint density at radius 1 is 1.24 bits per heavy atom. The van der Waals surface area contributed by atoms with Gasteiger partial charge in [0, 0.05) is 0 Å². The number of carbonyl (C=O) groups is 2. The van der Waals surface area contributed by atoms with E-state index in [2.05, 4.69) is 20.7 Å². The Morgan fingerprint density at radius 2 is 1.90 bits per heavy atom. The van der Waals surface area contributed by atoms with Crippen molar-refractivity contribution in [2.24, 2.45) is 7.05 Å². The number of amides is 2. The summed E-state index contributed by atoms with van der Waals surface area (Å²) in [4.78, 5) is 28.4. The Morgan fingerprint density at radius 3 is 2.48 bits per heavy atom. The van der Waals surface area contributed by atoms with E-state index in [1.54, 1.807) is 25.8 Å². The molecule has 8 nitrogen and oxygen atoms in total. The molecule has 114 valence electrons. The predicted molar refractivity (Wildman–Crippen MR) is 72.8 cm³/mol. The summed E-state index contributed by atoms with van der Waals surface area (Å²) < 4.78 is 0. The molecule has 21 heavy (non-hydrogen) atoms. The Labute approximate surface area is 122 Å². The molecule has 0 atom stereocenters. The van der Waals surface area contributed by atoms with E-state index in [9.17, 15) is 9.59 Å². The summed E-state index contributed by atoms with van der Waals surface area (Å²) in [5.74, 6) is 0.298. The van der Waals surface area contributed by atoms with Crippen LogP contribution < -0.4 is 5.32 Å². The quantitative estimate of drug-likeness (QED) is 0.812. The van der Waals surface area contributed by atoms with E-state index in [1.807, 2.05) is 0 Å². The summed E-state index contributed by atoms with van der Waals surface area (Å²) in [5.41, 5.74) is -1.64. The highest BCUT2D eigenvalue weighted by Gasteiger charge is 2.55. The van der Waals surface area contributed by atoms with Gasteiger partial charge in [-0.2, -0.15) is 4.80 Å². The first-order valence-corrected chi connectivity index (χ1v) is 7.23. The lowest BCUT2D eigenvalue weighted by molar-refractivity contribution is -0.162. The van der Waals surface area contributed by atoms with E-state index in [4.69, 9.17) is 0 Å². The number of aryl methyl sites for hydroxylation is 1. The van der Waals surface area contributed by atoms with Gasteiger partial charge in [0.2, 0.25) is 11.8 Å². The zero-order valence-corrected chi connectivity index (χ0v) is 12.6. The van der Waals surface area contributed by atoms with Crippen LogP contribution in [-0.4, -0.2) is 48.0 Å². The highest BCUT2D eigenvalue weighted by atomic mass is 16.2. The number of hydrogen-bond donors (Lipinski definition) is 1. The van der Waals surface area contributed by atoms with Crippen molar-refractivity contribution < 1.29 is 9.59 Å². The van der Waals surface area contributed by atoms with Crippen LogP contribution in [0.1, 0.15) is 45.4 Å². The maximum atomic E-state index is 13.0. The van der Waals surface area contributed by atoms with E-state index in [0.717, 1.165) is 12.8 Å². The van der Waals surface area contributed by atoms with Gasteiger partial charge in [-0.05, 0) is 31.9 Å². The third kappa shape index (κ3) is 2.09. The van der Waals surface area contributed by atoms with Gasteiger partial charge in [-0.3, -0.25) is 9.59 Å². The number of nitrogens with zero attached hydrogens (tertiary/aromatic N) is 5. The molecule has 1 aromatic heterocycles. The summed E-state index contributed by atoms with van der Waals surface area (Å²) >= 11 is 0. The van der Waals surface area contributed by atoms with Crippen LogP contribution in [0.25, 0.3) is 0 Å². The third-order valence-electron chi connectivity index (χ3n) is 4.54. The highest BCUT2D eigenvalue weighted by Crippen LogP contribution is 2.37. The Bertz CT molecular complexity index is 587. The number of nitrogens with one attached hydrogen (secondary N) is 1. The van der Waals surface area contributed by atoms with Crippen LogP contribution in [0.2, 0.25) is 0 Å². The van der Waals surface area contributed by atoms with E-state index < -0.39 is 11.1 Å². The minimum Gasteiger partial charge on any atom is -0.340 e. The first-order chi connectivity index (χ1) is 9.85. The third-order valence-corrected chi connectivity index (χ3v) is 4.54. The van der Waals surface area contributed by atoms with Gasteiger partial charge in [0.1, 0.15) is 11.1 Å². The first kappa shape index (κ1) is 14.0. The van der Waals surface area contributed by atoms with Gasteiger partial charge in [0.05, 0.1) is 13.6 Å². The second-order valence-electron chi connectivity index (χ2n) is 6.39. The van der Waals surface area contributed by atoms with Crippen LogP contribution >= 0.6 is 0 Å². The molecule has 1 aliphatic carbocycles. The van der Waals surface area contributed by atoms with Gasteiger partial charge in [-0.1, -0.05) is 12.8 Å². The molecule has 2 aliphatic rings. The van der Waals surface area contributed by atoms with Crippen LogP contribution in [0.3, 0.4) is 0 Å². The molecule has 8 heteroatoms. The van der Waals surface area contributed by atoms with E-state index in [0.29, 0.717) is 18.7 Å². The molecule has 3 rings (SSSR count). The Kier molecular flexibility index (Phi) is 3.00. The first-order valence-electron chi connectivity index (χ1n) is 7.23. The fraction of sp³-hybridized carbons (Fsp3) is 0.769. The lowest BCUT2D eigenvalue weighted by Gasteiger charge is -2.48. The smallest absolute Gasteiger partial charge is 0.249 e. The summed E-state index contributed by atoms with van der Waals surface area (Å²) in [6.45, 7) is 3.70. The minimum atomic E-state index is -0.913. The highest BCUT2D eigenvalue weighted by molar-refractivity contribution is 6.02. The predicted octanol–water partition coefficient (Wildman–Crippen LogP) is -0.240. The van der Waals surface area contributed by atoms with Crippen molar-refractivity contribution in [3.8, 4) is 0 Å².